The van der Waals surface area contributed by atoms with Crippen molar-refractivity contribution in [3.8, 4) is 0 Å². The smallest absolute Gasteiger partial charge is 0.120 e. The Labute approximate surface area is 152 Å². The van der Waals surface area contributed by atoms with Crippen molar-refractivity contribution in [3.63, 3.8) is 0 Å². The summed E-state index contributed by atoms with van der Waals surface area (Å²) in [6, 6.07) is 0. The summed E-state index contributed by atoms with van der Waals surface area (Å²) >= 11 is 0. The van der Waals surface area contributed by atoms with E-state index in [1.54, 1.807) is 12.2 Å². The van der Waals surface area contributed by atoms with Gasteiger partial charge >= 0.3 is 0 Å². The minimum atomic E-state index is -0.163. The van der Waals surface area contributed by atoms with E-state index in [-0.39, 0.29) is 6.10 Å². The van der Waals surface area contributed by atoms with E-state index in [0.29, 0.717) is 18.1 Å². The molecule has 0 bridgehead atoms. The normalized spacial score (nSPS) is 15.5. The summed E-state index contributed by atoms with van der Waals surface area (Å²) < 4.78 is 11.4. The van der Waals surface area contributed by atoms with Crippen LogP contribution in [0.4, 0.5) is 0 Å². The van der Waals surface area contributed by atoms with Crippen molar-refractivity contribution in [3.05, 3.63) is 96.6 Å². The highest BCUT2D eigenvalue weighted by Gasteiger charge is 2.06. The Morgan fingerprint density at radius 2 is 1.72 bits per heavy atom. The van der Waals surface area contributed by atoms with Crippen molar-refractivity contribution in [2.45, 2.75) is 39.7 Å². The molecule has 1 aliphatic carbocycles. The van der Waals surface area contributed by atoms with Crippen LogP contribution in [0.5, 0.6) is 0 Å². The lowest BCUT2D eigenvalue weighted by Gasteiger charge is -2.15. The quantitative estimate of drug-likeness (QED) is 0.341. The minimum absolute atomic E-state index is 0.163. The lowest BCUT2D eigenvalue weighted by molar-refractivity contribution is 0.175. The number of ether oxygens (including phenoxy) is 2. The van der Waals surface area contributed by atoms with Gasteiger partial charge in [-0.2, -0.15) is 0 Å². The molecule has 0 spiro atoms. The van der Waals surface area contributed by atoms with Gasteiger partial charge in [0.15, 0.2) is 0 Å². The molecule has 0 heterocycles. The van der Waals surface area contributed by atoms with Gasteiger partial charge in [-0.3, -0.25) is 0 Å². The highest BCUT2D eigenvalue weighted by Crippen LogP contribution is 2.19. The van der Waals surface area contributed by atoms with Crippen LogP contribution in [0.3, 0.4) is 0 Å². The zero-order valence-corrected chi connectivity index (χ0v) is 15.8. The summed E-state index contributed by atoms with van der Waals surface area (Å²) in [7, 11) is 0. The van der Waals surface area contributed by atoms with E-state index in [9.17, 15) is 0 Å². The fourth-order valence-electron chi connectivity index (χ4n) is 2.05. The first kappa shape index (κ1) is 20.6. The average molecular weight is 338 g/mol. The van der Waals surface area contributed by atoms with Crippen molar-refractivity contribution in [2.75, 3.05) is 6.61 Å². The van der Waals surface area contributed by atoms with E-state index in [2.05, 4.69) is 45.4 Å². The van der Waals surface area contributed by atoms with Gasteiger partial charge in [-0.25, -0.2) is 0 Å². The summed E-state index contributed by atoms with van der Waals surface area (Å²) in [5.41, 5.74) is 4.52. The highest BCUT2D eigenvalue weighted by molar-refractivity contribution is 5.27. The fraction of sp³-hybridized carbons (Fsp3) is 0.304. The standard InChI is InChI=1S/C23H30O2/c1-17(2)8-11-19(4)22(7)25-21(6)13-12-20(5)24-16-23-14-9-18(3)10-15-23/h8-9,11-14,22H,1,4-6,10,15-16H2,2-3,7H3/b11-8-,13-12-. The van der Waals surface area contributed by atoms with Crippen molar-refractivity contribution in [2.24, 2.45) is 0 Å². The first-order valence-electron chi connectivity index (χ1n) is 8.51. The summed E-state index contributed by atoms with van der Waals surface area (Å²) in [6.07, 6.45) is 13.6. The predicted octanol–water partition coefficient (Wildman–Crippen LogP) is 6.35. The maximum absolute atomic E-state index is 5.72. The first-order chi connectivity index (χ1) is 11.8. The summed E-state index contributed by atoms with van der Waals surface area (Å²) in [6.45, 7) is 22.2. The topological polar surface area (TPSA) is 18.5 Å². The Hall–Kier alpha value is -2.48. The molecule has 0 radical (unpaired) electrons. The number of hydrogen-bond donors (Lipinski definition) is 0. The maximum atomic E-state index is 5.72. The molecule has 1 aliphatic rings. The Balaban J connectivity index is 2.39. The number of hydrogen-bond acceptors (Lipinski definition) is 2. The Bertz CT molecular complexity index is 654. The molecule has 25 heavy (non-hydrogen) atoms. The Morgan fingerprint density at radius 1 is 1.04 bits per heavy atom. The Kier molecular flexibility index (Phi) is 8.55. The molecule has 0 N–H and O–H groups in total. The van der Waals surface area contributed by atoms with Crippen LogP contribution in [0.25, 0.3) is 0 Å². The summed E-state index contributed by atoms with van der Waals surface area (Å²) in [5.74, 6) is 1.13. The van der Waals surface area contributed by atoms with Crippen LogP contribution in [0.1, 0.15) is 33.6 Å². The van der Waals surface area contributed by atoms with Crippen molar-refractivity contribution in [1.29, 1.82) is 0 Å². The maximum Gasteiger partial charge on any atom is 0.120 e. The molecule has 1 atom stereocenters. The molecule has 1 rings (SSSR count). The third-order valence-corrected chi connectivity index (χ3v) is 3.77. The van der Waals surface area contributed by atoms with Gasteiger partial charge in [-0.1, -0.05) is 61.8 Å². The van der Waals surface area contributed by atoms with Gasteiger partial charge in [-0.05, 0) is 56.9 Å². The predicted molar refractivity (Wildman–Crippen MR) is 108 cm³/mol. The first-order valence-corrected chi connectivity index (χ1v) is 8.51. The molecule has 0 saturated heterocycles. The molecule has 134 valence electrons. The number of allylic oxidation sites excluding steroid dienone is 7. The van der Waals surface area contributed by atoms with E-state index < -0.39 is 0 Å². The second kappa shape index (κ2) is 10.4. The van der Waals surface area contributed by atoms with Crippen LogP contribution in [0.2, 0.25) is 0 Å². The van der Waals surface area contributed by atoms with Gasteiger partial charge in [0.25, 0.3) is 0 Å². The zero-order valence-electron chi connectivity index (χ0n) is 15.8. The van der Waals surface area contributed by atoms with E-state index in [1.165, 1.54) is 11.1 Å². The minimum Gasteiger partial charge on any atom is -0.490 e. The average Bonchev–Trinajstić information content (AvgIpc) is 2.57. The molecule has 0 amide bonds. The molecule has 0 aromatic carbocycles. The SMILES string of the molecule is C=C(C)/C=C\C(=C)C(C)OC(=C)/C=C\C(=C)OCC1=CC=C(C)CC1. The molecule has 1 unspecified atom stereocenters. The molecular weight excluding hydrogens is 308 g/mol. The second-order valence-electron chi connectivity index (χ2n) is 6.41. The van der Waals surface area contributed by atoms with Gasteiger partial charge in [0.1, 0.15) is 24.2 Å². The van der Waals surface area contributed by atoms with E-state index in [4.69, 9.17) is 9.47 Å². The van der Waals surface area contributed by atoms with Gasteiger partial charge in [0, 0.05) is 0 Å². The molecule has 0 fully saturated rings. The van der Waals surface area contributed by atoms with Crippen LogP contribution in [0.15, 0.2) is 96.6 Å². The van der Waals surface area contributed by atoms with Gasteiger partial charge in [0.2, 0.25) is 0 Å². The third-order valence-electron chi connectivity index (χ3n) is 3.77. The molecule has 0 aliphatic heterocycles. The molecule has 0 saturated carbocycles. The lowest BCUT2D eigenvalue weighted by atomic mass is 10.0. The van der Waals surface area contributed by atoms with E-state index in [0.717, 1.165) is 24.0 Å². The van der Waals surface area contributed by atoms with Crippen LogP contribution in [-0.2, 0) is 9.47 Å². The third kappa shape index (κ3) is 8.80. The van der Waals surface area contributed by atoms with Gasteiger partial charge in [0.05, 0.1) is 0 Å². The molecule has 0 aromatic rings. The molecule has 0 aromatic heterocycles. The van der Waals surface area contributed by atoms with Crippen LogP contribution in [0, 0.1) is 0 Å². The fourth-order valence-corrected chi connectivity index (χ4v) is 2.05. The summed E-state index contributed by atoms with van der Waals surface area (Å²) in [5, 5.41) is 0. The summed E-state index contributed by atoms with van der Waals surface area (Å²) in [4.78, 5) is 0. The van der Waals surface area contributed by atoms with Crippen LogP contribution in [-0.4, -0.2) is 12.7 Å². The van der Waals surface area contributed by atoms with Crippen molar-refractivity contribution in [1.82, 2.24) is 0 Å². The highest BCUT2D eigenvalue weighted by atomic mass is 16.5. The molecule has 2 nitrogen and oxygen atoms in total. The lowest BCUT2D eigenvalue weighted by Crippen LogP contribution is -2.08. The molecule has 2 heteroatoms. The van der Waals surface area contributed by atoms with Gasteiger partial charge < -0.3 is 9.47 Å². The molecular formula is C23H30O2. The van der Waals surface area contributed by atoms with Crippen molar-refractivity contribution >= 4 is 0 Å². The Morgan fingerprint density at radius 3 is 2.32 bits per heavy atom. The van der Waals surface area contributed by atoms with Crippen molar-refractivity contribution < 1.29 is 9.47 Å². The van der Waals surface area contributed by atoms with Crippen LogP contribution < -0.4 is 0 Å². The van der Waals surface area contributed by atoms with Crippen LogP contribution >= 0.6 is 0 Å². The second-order valence-corrected chi connectivity index (χ2v) is 6.41. The number of rotatable bonds is 10. The zero-order chi connectivity index (χ0) is 18.8. The monoisotopic (exact) mass is 338 g/mol. The van der Waals surface area contributed by atoms with E-state index in [1.807, 2.05) is 26.0 Å². The van der Waals surface area contributed by atoms with E-state index >= 15 is 0 Å². The largest absolute Gasteiger partial charge is 0.490 e. The van der Waals surface area contributed by atoms with Gasteiger partial charge in [-0.15, -0.1) is 0 Å².